The number of nitrogens with zero attached hydrogens (tertiary/aromatic N) is 2. The fraction of sp³-hybridized carbons (Fsp3) is 0.190. The van der Waals surface area contributed by atoms with E-state index in [0.29, 0.717) is 17.1 Å². The van der Waals surface area contributed by atoms with E-state index in [9.17, 15) is 4.79 Å². The van der Waals surface area contributed by atoms with Crippen LogP contribution in [0, 0.1) is 13.8 Å². The number of para-hydroxylation sites is 1. The summed E-state index contributed by atoms with van der Waals surface area (Å²) < 4.78 is 16.6. The molecule has 2 aromatic heterocycles. The number of fused-ring (bicyclic) bond motifs is 1. The Morgan fingerprint density at radius 2 is 1.96 bits per heavy atom. The molecule has 4 aromatic rings. The zero-order valence-electron chi connectivity index (χ0n) is 15.8. The summed E-state index contributed by atoms with van der Waals surface area (Å²) in [6.07, 6.45) is 0.228. The van der Waals surface area contributed by atoms with Crippen LogP contribution in [-0.2, 0) is 11.2 Å². The fourth-order valence-corrected chi connectivity index (χ4v) is 3.06. The van der Waals surface area contributed by atoms with E-state index in [2.05, 4.69) is 15.5 Å². The Morgan fingerprint density at radius 3 is 2.75 bits per heavy atom. The monoisotopic (exact) mass is 377 g/mol. The third kappa shape index (κ3) is 3.46. The number of furan rings is 1. The van der Waals surface area contributed by atoms with Crippen LogP contribution < -0.4 is 10.1 Å². The van der Waals surface area contributed by atoms with Gasteiger partial charge in [-0.15, -0.1) is 5.10 Å². The summed E-state index contributed by atoms with van der Waals surface area (Å²) in [5, 5.41) is 11.3. The minimum atomic E-state index is -0.228. The fourth-order valence-electron chi connectivity index (χ4n) is 3.06. The van der Waals surface area contributed by atoms with Gasteiger partial charge in [0.25, 0.3) is 5.89 Å². The number of carbonyl (C=O) groups is 1. The summed E-state index contributed by atoms with van der Waals surface area (Å²) in [6, 6.07) is 13.4. The van der Waals surface area contributed by atoms with E-state index in [4.69, 9.17) is 13.6 Å². The van der Waals surface area contributed by atoms with E-state index in [0.717, 1.165) is 22.1 Å². The van der Waals surface area contributed by atoms with Gasteiger partial charge in [0.2, 0.25) is 5.91 Å². The number of nitrogens with one attached hydrogen (secondary N) is 1. The number of carbonyl (C=O) groups excluding carboxylic acids is 1. The third-order valence-electron chi connectivity index (χ3n) is 4.46. The molecule has 0 aliphatic carbocycles. The van der Waals surface area contributed by atoms with E-state index in [-0.39, 0.29) is 24.2 Å². The van der Waals surface area contributed by atoms with Crippen molar-refractivity contribution < 1.29 is 18.4 Å². The second-order valence-corrected chi connectivity index (χ2v) is 6.56. The SMILES string of the molecule is COc1cccc2cc(-c3nnc(NC(=O)Cc4ccc(C)cc4C)o3)oc12. The van der Waals surface area contributed by atoms with Gasteiger partial charge in [-0.2, -0.15) is 0 Å². The molecule has 0 aliphatic rings. The zero-order chi connectivity index (χ0) is 19.7. The Morgan fingerprint density at radius 1 is 1.11 bits per heavy atom. The first-order valence-electron chi connectivity index (χ1n) is 8.80. The van der Waals surface area contributed by atoms with Gasteiger partial charge in [0.15, 0.2) is 17.1 Å². The van der Waals surface area contributed by atoms with Crippen molar-refractivity contribution in [2.45, 2.75) is 20.3 Å². The van der Waals surface area contributed by atoms with Crippen molar-refractivity contribution in [3.05, 3.63) is 59.2 Å². The summed E-state index contributed by atoms with van der Waals surface area (Å²) in [7, 11) is 1.58. The third-order valence-corrected chi connectivity index (χ3v) is 4.46. The maximum atomic E-state index is 12.3. The van der Waals surface area contributed by atoms with E-state index >= 15 is 0 Å². The largest absolute Gasteiger partial charge is 0.493 e. The highest BCUT2D eigenvalue weighted by molar-refractivity contribution is 5.90. The average molecular weight is 377 g/mol. The quantitative estimate of drug-likeness (QED) is 0.558. The molecule has 2 aromatic carbocycles. The van der Waals surface area contributed by atoms with Gasteiger partial charge in [-0.1, -0.05) is 41.0 Å². The number of benzene rings is 2. The standard InChI is InChI=1S/C21H19N3O4/c1-12-7-8-14(13(2)9-12)11-18(25)22-21-24-23-20(28-21)17-10-15-5-4-6-16(26-3)19(15)27-17/h4-10H,11H2,1-3H3,(H,22,24,25). The molecular formula is C21H19N3O4. The molecule has 0 spiro atoms. The van der Waals surface area contributed by atoms with E-state index < -0.39 is 0 Å². The summed E-state index contributed by atoms with van der Waals surface area (Å²) in [5.74, 6) is 0.973. The maximum absolute atomic E-state index is 12.3. The van der Waals surface area contributed by atoms with E-state index in [1.807, 2.05) is 50.2 Å². The highest BCUT2D eigenvalue weighted by Crippen LogP contribution is 2.33. The summed E-state index contributed by atoms with van der Waals surface area (Å²) in [6.45, 7) is 4.00. The molecule has 0 aliphatic heterocycles. The first-order valence-corrected chi connectivity index (χ1v) is 8.80. The van der Waals surface area contributed by atoms with Gasteiger partial charge >= 0.3 is 6.01 Å². The van der Waals surface area contributed by atoms with E-state index in [1.165, 1.54) is 0 Å². The van der Waals surface area contributed by atoms with Crippen LogP contribution >= 0.6 is 0 Å². The molecule has 7 nitrogen and oxygen atoms in total. The predicted molar refractivity (Wildman–Crippen MR) is 104 cm³/mol. The Bertz CT molecular complexity index is 1160. The van der Waals surface area contributed by atoms with Gasteiger partial charge in [0.1, 0.15) is 0 Å². The first-order chi connectivity index (χ1) is 13.5. The molecule has 4 rings (SSSR count). The van der Waals surface area contributed by atoms with Crippen LogP contribution in [0.4, 0.5) is 6.01 Å². The molecule has 0 saturated carbocycles. The highest BCUT2D eigenvalue weighted by atomic mass is 16.5. The van der Waals surface area contributed by atoms with Gasteiger partial charge in [0, 0.05) is 5.39 Å². The van der Waals surface area contributed by atoms with Crippen molar-refractivity contribution >= 4 is 22.9 Å². The number of aryl methyl sites for hydroxylation is 2. The van der Waals surface area contributed by atoms with Gasteiger partial charge in [0.05, 0.1) is 13.5 Å². The molecule has 0 fully saturated rings. The lowest BCUT2D eigenvalue weighted by Gasteiger charge is -2.06. The van der Waals surface area contributed by atoms with E-state index in [1.54, 1.807) is 13.2 Å². The summed E-state index contributed by atoms with van der Waals surface area (Å²) in [4.78, 5) is 12.3. The Kier molecular flexibility index (Phi) is 4.57. The van der Waals surface area contributed by atoms with Crippen LogP contribution in [0.15, 0.2) is 51.3 Å². The van der Waals surface area contributed by atoms with Crippen molar-refractivity contribution in [1.29, 1.82) is 0 Å². The number of hydrogen-bond acceptors (Lipinski definition) is 6. The number of ether oxygens (including phenoxy) is 1. The first kappa shape index (κ1) is 17.8. The van der Waals surface area contributed by atoms with Crippen LogP contribution in [0.3, 0.4) is 0 Å². The second-order valence-electron chi connectivity index (χ2n) is 6.56. The summed E-state index contributed by atoms with van der Waals surface area (Å²) in [5.41, 5.74) is 3.77. The minimum absolute atomic E-state index is 0.0252. The van der Waals surface area contributed by atoms with Crippen molar-refractivity contribution in [1.82, 2.24) is 10.2 Å². The smallest absolute Gasteiger partial charge is 0.322 e. The number of amides is 1. The Hall–Kier alpha value is -3.61. The van der Waals surface area contributed by atoms with Crippen LogP contribution in [0.5, 0.6) is 5.75 Å². The number of hydrogen-bond donors (Lipinski definition) is 1. The lowest BCUT2D eigenvalue weighted by molar-refractivity contribution is -0.115. The molecule has 1 amide bonds. The van der Waals surface area contributed by atoms with Crippen molar-refractivity contribution in [3.8, 4) is 17.4 Å². The average Bonchev–Trinajstić information content (AvgIpc) is 3.30. The lowest BCUT2D eigenvalue weighted by atomic mass is 10.0. The number of methoxy groups -OCH3 is 1. The Balaban J connectivity index is 1.50. The molecular weight excluding hydrogens is 358 g/mol. The lowest BCUT2D eigenvalue weighted by Crippen LogP contribution is -2.15. The maximum Gasteiger partial charge on any atom is 0.322 e. The van der Waals surface area contributed by atoms with Gasteiger partial charge < -0.3 is 13.6 Å². The van der Waals surface area contributed by atoms with Crippen molar-refractivity contribution in [3.63, 3.8) is 0 Å². The summed E-state index contributed by atoms with van der Waals surface area (Å²) >= 11 is 0. The normalized spacial score (nSPS) is 11.0. The molecule has 28 heavy (non-hydrogen) atoms. The predicted octanol–water partition coefficient (Wildman–Crippen LogP) is 4.29. The Labute approximate surface area is 161 Å². The molecule has 7 heteroatoms. The molecule has 0 saturated heterocycles. The molecule has 142 valence electrons. The molecule has 1 N–H and O–H groups in total. The molecule has 2 heterocycles. The van der Waals surface area contributed by atoms with Crippen molar-refractivity contribution in [2.75, 3.05) is 12.4 Å². The van der Waals surface area contributed by atoms with Crippen molar-refractivity contribution in [2.24, 2.45) is 0 Å². The number of aromatic nitrogens is 2. The topological polar surface area (TPSA) is 90.4 Å². The minimum Gasteiger partial charge on any atom is -0.493 e. The van der Waals surface area contributed by atoms with Gasteiger partial charge in [-0.3, -0.25) is 10.1 Å². The molecule has 0 radical (unpaired) electrons. The second kappa shape index (κ2) is 7.19. The van der Waals surface area contributed by atoms with Crippen LogP contribution in [0.25, 0.3) is 22.6 Å². The highest BCUT2D eigenvalue weighted by Gasteiger charge is 2.17. The van der Waals surface area contributed by atoms with Crippen LogP contribution in [0.1, 0.15) is 16.7 Å². The molecule has 0 bridgehead atoms. The van der Waals surface area contributed by atoms with Gasteiger partial charge in [-0.25, -0.2) is 0 Å². The van der Waals surface area contributed by atoms with Crippen LogP contribution in [-0.4, -0.2) is 23.2 Å². The molecule has 0 unspecified atom stereocenters. The molecule has 0 atom stereocenters. The van der Waals surface area contributed by atoms with Gasteiger partial charge in [-0.05, 0) is 37.1 Å². The van der Waals surface area contributed by atoms with Crippen LogP contribution in [0.2, 0.25) is 0 Å². The zero-order valence-corrected chi connectivity index (χ0v) is 15.8. The number of anilines is 1. The number of rotatable bonds is 5.